The van der Waals surface area contributed by atoms with Crippen LogP contribution in [0.3, 0.4) is 0 Å². The van der Waals surface area contributed by atoms with Gasteiger partial charge in [-0.15, -0.1) is 0 Å². The summed E-state index contributed by atoms with van der Waals surface area (Å²) < 4.78 is 26.9. The predicted molar refractivity (Wildman–Crippen MR) is 105 cm³/mol. The number of aliphatic carboxylic acids is 1. The zero-order chi connectivity index (χ0) is 21.0. The highest BCUT2D eigenvalue weighted by atomic mass is 32.2. The number of nitrogens with one attached hydrogen (secondary N) is 1. The second-order valence-corrected chi connectivity index (χ2v) is 8.75. The standard InChI is InChI=1S/C20H22N2O6S/c23-15-10-8-14(9-11-15)13-17(20(25)26)21-19(24)18-7-4-12-22(18)29(27,28)16-5-2-1-3-6-16/h1-3,5-6,8-11,17-18,23H,4,7,12-13H2,(H,21,24)(H,25,26)/t17-,18-/m1/s1. The minimum atomic E-state index is -3.86. The third kappa shape index (κ3) is 4.75. The first-order valence-corrected chi connectivity index (χ1v) is 10.6. The summed E-state index contributed by atoms with van der Waals surface area (Å²) in [5.74, 6) is -1.80. The number of benzene rings is 2. The maximum absolute atomic E-state index is 12.9. The van der Waals surface area contributed by atoms with Gasteiger partial charge in [0.1, 0.15) is 17.8 Å². The summed E-state index contributed by atoms with van der Waals surface area (Å²) in [6.45, 7) is 0.199. The highest BCUT2D eigenvalue weighted by Crippen LogP contribution is 2.26. The molecule has 2 aromatic rings. The van der Waals surface area contributed by atoms with Crippen molar-refractivity contribution in [3.05, 3.63) is 60.2 Å². The summed E-state index contributed by atoms with van der Waals surface area (Å²) in [5.41, 5.74) is 0.621. The first kappa shape index (κ1) is 20.8. The van der Waals surface area contributed by atoms with E-state index in [2.05, 4.69) is 5.32 Å². The molecule has 0 bridgehead atoms. The van der Waals surface area contributed by atoms with Gasteiger partial charge >= 0.3 is 5.97 Å². The minimum absolute atomic E-state index is 0.0134. The molecule has 3 N–H and O–H groups in total. The molecule has 0 saturated carbocycles. The Hall–Kier alpha value is -2.91. The summed E-state index contributed by atoms with van der Waals surface area (Å²) in [6, 6.07) is 11.7. The third-order valence-corrected chi connectivity index (χ3v) is 6.77. The van der Waals surface area contributed by atoms with Gasteiger partial charge in [-0.2, -0.15) is 4.31 Å². The number of aromatic hydroxyl groups is 1. The molecular formula is C20H22N2O6S. The van der Waals surface area contributed by atoms with E-state index in [1.54, 1.807) is 30.3 Å². The van der Waals surface area contributed by atoms with Gasteiger partial charge in [0, 0.05) is 13.0 Å². The Bertz CT molecular complexity index is 976. The van der Waals surface area contributed by atoms with Crippen LogP contribution >= 0.6 is 0 Å². The Balaban J connectivity index is 1.75. The number of carboxylic acid groups (broad SMARTS) is 1. The van der Waals surface area contributed by atoms with Crippen molar-refractivity contribution in [1.29, 1.82) is 0 Å². The third-order valence-electron chi connectivity index (χ3n) is 4.85. The lowest BCUT2D eigenvalue weighted by Gasteiger charge is -2.25. The van der Waals surface area contributed by atoms with Crippen LogP contribution < -0.4 is 5.32 Å². The van der Waals surface area contributed by atoms with Crippen LogP contribution in [-0.4, -0.2) is 53.4 Å². The van der Waals surface area contributed by atoms with Crippen molar-refractivity contribution < 1.29 is 28.2 Å². The monoisotopic (exact) mass is 418 g/mol. The highest BCUT2D eigenvalue weighted by molar-refractivity contribution is 7.89. The van der Waals surface area contributed by atoms with Gasteiger partial charge in [-0.1, -0.05) is 30.3 Å². The normalized spacial score (nSPS) is 18.3. The fraction of sp³-hybridized carbons (Fsp3) is 0.300. The molecule has 0 unspecified atom stereocenters. The second kappa shape index (κ2) is 8.62. The largest absolute Gasteiger partial charge is 0.508 e. The Morgan fingerprint density at radius 3 is 2.38 bits per heavy atom. The molecule has 1 heterocycles. The summed E-state index contributed by atoms with van der Waals surface area (Å²) in [4.78, 5) is 24.5. The van der Waals surface area contributed by atoms with Crippen molar-refractivity contribution >= 4 is 21.9 Å². The Kier molecular flexibility index (Phi) is 6.19. The number of carboxylic acids is 1. The van der Waals surface area contributed by atoms with Gasteiger partial charge in [0.25, 0.3) is 0 Å². The molecule has 154 valence electrons. The first-order valence-electron chi connectivity index (χ1n) is 9.17. The predicted octanol–water partition coefficient (Wildman–Crippen LogP) is 1.36. The average molecular weight is 418 g/mol. The SMILES string of the molecule is O=C(N[C@H](Cc1ccc(O)cc1)C(=O)O)[C@H]1CCCN1S(=O)(=O)c1ccccc1. The van der Waals surface area contributed by atoms with Crippen LogP contribution in [0.2, 0.25) is 0 Å². The van der Waals surface area contributed by atoms with Gasteiger partial charge in [-0.25, -0.2) is 13.2 Å². The van der Waals surface area contributed by atoms with Crippen LogP contribution in [0, 0.1) is 0 Å². The second-order valence-electron chi connectivity index (χ2n) is 6.86. The summed E-state index contributed by atoms with van der Waals surface area (Å²) >= 11 is 0. The maximum Gasteiger partial charge on any atom is 0.326 e. The van der Waals surface area contributed by atoms with Crippen molar-refractivity contribution in [3.8, 4) is 5.75 Å². The molecule has 0 aromatic heterocycles. The fourth-order valence-corrected chi connectivity index (χ4v) is 5.03. The van der Waals surface area contributed by atoms with Crippen LogP contribution in [0.4, 0.5) is 0 Å². The molecule has 0 radical (unpaired) electrons. The molecule has 3 rings (SSSR count). The molecule has 1 fully saturated rings. The Labute approximate surface area is 168 Å². The van der Waals surface area contributed by atoms with Crippen LogP contribution in [0.15, 0.2) is 59.5 Å². The van der Waals surface area contributed by atoms with E-state index in [9.17, 15) is 28.2 Å². The van der Waals surface area contributed by atoms with E-state index >= 15 is 0 Å². The van der Waals surface area contributed by atoms with Gasteiger partial charge in [0.2, 0.25) is 15.9 Å². The molecule has 0 spiro atoms. The van der Waals surface area contributed by atoms with Gasteiger partial charge < -0.3 is 15.5 Å². The number of phenols is 1. The molecule has 1 aliphatic rings. The molecule has 1 saturated heterocycles. The summed E-state index contributed by atoms with van der Waals surface area (Å²) in [6.07, 6.45) is 0.850. The number of nitrogens with zero attached hydrogens (tertiary/aromatic N) is 1. The van der Waals surface area contributed by atoms with Gasteiger partial charge in [0.15, 0.2) is 0 Å². The van der Waals surface area contributed by atoms with Crippen LogP contribution in [-0.2, 0) is 26.0 Å². The van der Waals surface area contributed by atoms with E-state index in [4.69, 9.17) is 0 Å². The zero-order valence-corrected chi connectivity index (χ0v) is 16.4. The molecule has 2 atom stereocenters. The van der Waals surface area contributed by atoms with Crippen molar-refractivity contribution in [1.82, 2.24) is 9.62 Å². The van der Waals surface area contributed by atoms with Crippen molar-refractivity contribution in [2.24, 2.45) is 0 Å². The lowest BCUT2D eigenvalue weighted by molar-refractivity contribution is -0.142. The molecule has 2 aromatic carbocycles. The number of carbonyl (C=O) groups excluding carboxylic acids is 1. The minimum Gasteiger partial charge on any atom is -0.508 e. The van der Waals surface area contributed by atoms with Gasteiger partial charge in [-0.05, 0) is 42.7 Å². The van der Waals surface area contributed by atoms with E-state index in [0.29, 0.717) is 18.4 Å². The Morgan fingerprint density at radius 1 is 1.10 bits per heavy atom. The van der Waals surface area contributed by atoms with E-state index in [-0.39, 0.29) is 23.6 Å². The average Bonchev–Trinajstić information content (AvgIpc) is 3.20. The van der Waals surface area contributed by atoms with E-state index in [0.717, 1.165) is 4.31 Å². The quantitative estimate of drug-likeness (QED) is 0.624. The number of rotatable bonds is 7. The molecule has 9 heteroatoms. The lowest BCUT2D eigenvalue weighted by Crippen LogP contribution is -2.51. The lowest BCUT2D eigenvalue weighted by atomic mass is 10.1. The number of sulfonamides is 1. The van der Waals surface area contributed by atoms with E-state index in [1.165, 1.54) is 24.3 Å². The summed E-state index contributed by atoms with van der Waals surface area (Å²) in [7, 11) is -3.86. The van der Waals surface area contributed by atoms with E-state index < -0.39 is 34.0 Å². The summed E-state index contributed by atoms with van der Waals surface area (Å²) in [5, 5.41) is 21.3. The number of amides is 1. The maximum atomic E-state index is 12.9. The first-order chi connectivity index (χ1) is 13.8. The number of carbonyl (C=O) groups is 2. The van der Waals surface area contributed by atoms with Crippen molar-refractivity contribution in [2.45, 2.75) is 36.2 Å². The smallest absolute Gasteiger partial charge is 0.326 e. The van der Waals surface area contributed by atoms with Crippen molar-refractivity contribution in [2.75, 3.05) is 6.54 Å². The van der Waals surface area contributed by atoms with Gasteiger partial charge in [-0.3, -0.25) is 4.79 Å². The molecule has 1 amide bonds. The van der Waals surface area contributed by atoms with Crippen LogP contribution in [0.5, 0.6) is 5.75 Å². The highest BCUT2D eigenvalue weighted by Gasteiger charge is 2.40. The van der Waals surface area contributed by atoms with Gasteiger partial charge in [0.05, 0.1) is 4.90 Å². The Morgan fingerprint density at radius 2 is 1.76 bits per heavy atom. The molecular weight excluding hydrogens is 396 g/mol. The molecule has 29 heavy (non-hydrogen) atoms. The number of hydrogen-bond acceptors (Lipinski definition) is 5. The zero-order valence-electron chi connectivity index (χ0n) is 15.6. The van der Waals surface area contributed by atoms with Crippen LogP contribution in [0.1, 0.15) is 18.4 Å². The van der Waals surface area contributed by atoms with Crippen LogP contribution in [0.25, 0.3) is 0 Å². The number of hydrogen-bond donors (Lipinski definition) is 3. The number of phenolic OH excluding ortho intramolecular Hbond substituents is 1. The molecule has 1 aliphatic heterocycles. The molecule has 8 nitrogen and oxygen atoms in total. The topological polar surface area (TPSA) is 124 Å². The van der Waals surface area contributed by atoms with E-state index in [1.807, 2.05) is 0 Å². The van der Waals surface area contributed by atoms with Crippen molar-refractivity contribution in [3.63, 3.8) is 0 Å². The molecule has 0 aliphatic carbocycles. The fourth-order valence-electron chi connectivity index (χ4n) is 3.35.